The molecule has 12 heteroatoms. The smallest absolute Gasteiger partial charge is 0.344 e. The lowest BCUT2D eigenvalue weighted by atomic mass is 10.1. The molecule has 6 aromatic carbocycles. The van der Waals surface area contributed by atoms with E-state index in [4.69, 9.17) is 40.3 Å². The first kappa shape index (κ1) is 37.3. The van der Waals surface area contributed by atoms with Crippen molar-refractivity contribution >= 4 is 28.7 Å². The van der Waals surface area contributed by atoms with Crippen molar-refractivity contribution in [1.82, 2.24) is 0 Å². The van der Waals surface area contributed by atoms with Crippen molar-refractivity contribution in [2.45, 2.75) is 6.61 Å². The largest absolute Gasteiger partial charge is 0.508 e. The van der Waals surface area contributed by atoms with Crippen molar-refractivity contribution in [3.63, 3.8) is 0 Å². The second kappa shape index (κ2) is 18.3. The van der Waals surface area contributed by atoms with Crippen LogP contribution in [0, 0.1) is 24.7 Å². The molecule has 0 aliphatic carbocycles. The minimum atomic E-state index is -1.34. The Kier molecular flexibility index (Phi) is 12.7. The van der Waals surface area contributed by atoms with Gasteiger partial charge in [0, 0.05) is 16.3 Å². The van der Waals surface area contributed by atoms with Crippen LogP contribution in [0.5, 0.6) is 34.5 Å². The third-order valence-electron chi connectivity index (χ3n) is 7.21. The Morgan fingerprint density at radius 1 is 0.574 bits per heavy atom. The number of phenols is 1. The summed E-state index contributed by atoms with van der Waals surface area (Å²) in [7, 11) is 0. The maximum absolute atomic E-state index is 13.1. The Balaban J connectivity index is 0.000000719. The number of carbonyl (C=O) groups is 3. The highest BCUT2D eigenvalue weighted by Crippen LogP contribution is 2.34. The number of phenolic OH excluding ortho intramolecular Hbond substituents is 1. The van der Waals surface area contributed by atoms with Crippen LogP contribution in [0.1, 0.15) is 36.6 Å². The van der Waals surface area contributed by atoms with E-state index in [1.165, 1.54) is 48.5 Å². The number of esters is 1. The number of terminal acetylenes is 1. The van der Waals surface area contributed by atoms with Gasteiger partial charge >= 0.3 is 17.9 Å². The van der Waals surface area contributed by atoms with Gasteiger partial charge in [0.1, 0.15) is 41.5 Å². The molecule has 0 amide bonds. The van der Waals surface area contributed by atoms with Gasteiger partial charge in [-0.2, -0.15) is 4.89 Å². The van der Waals surface area contributed by atoms with Gasteiger partial charge in [-0.15, -0.1) is 0 Å². The molecule has 0 unspecified atom stereocenters. The molecule has 0 radical (unpaired) electrons. The lowest BCUT2D eigenvalue weighted by molar-refractivity contribution is -0.216. The van der Waals surface area contributed by atoms with Gasteiger partial charge in [-0.25, -0.2) is 14.4 Å². The number of ether oxygens (including phenoxy) is 4. The van der Waals surface area contributed by atoms with Crippen LogP contribution in [0.4, 0.5) is 0 Å². The van der Waals surface area contributed by atoms with E-state index in [1.807, 2.05) is 18.2 Å². The molecule has 0 saturated heterocycles. The Morgan fingerprint density at radius 2 is 1.13 bits per heavy atom. The number of carboxylic acids is 2. The third kappa shape index (κ3) is 10.1. The quantitative estimate of drug-likeness (QED) is 0.0392. The van der Waals surface area contributed by atoms with Gasteiger partial charge in [0.25, 0.3) is 0 Å². The summed E-state index contributed by atoms with van der Waals surface area (Å²) < 4.78 is 21.2. The molecule has 12 nitrogen and oxygen atoms in total. The Bertz CT molecular complexity index is 2370. The zero-order valence-electron chi connectivity index (χ0n) is 28.0. The van der Waals surface area contributed by atoms with Gasteiger partial charge in [-0.1, -0.05) is 67.1 Å². The summed E-state index contributed by atoms with van der Waals surface area (Å²) in [5, 5.41) is 28.8. The predicted octanol–water partition coefficient (Wildman–Crippen LogP) is 7.70. The molecule has 0 spiro atoms. The summed E-state index contributed by atoms with van der Waals surface area (Å²) >= 11 is 0. The molecule has 0 heterocycles. The molecule has 0 aliphatic rings. The Hall–Kier alpha value is -7.93. The number of aromatic hydroxyl groups is 1. The van der Waals surface area contributed by atoms with Crippen molar-refractivity contribution in [2.24, 2.45) is 0 Å². The second-order valence-electron chi connectivity index (χ2n) is 10.8. The van der Waals surface area contributed by atoms with Gasteiger partial charge in [0.2, 0.25) is 0 Å². The van der Waals surface area contributed by atoms with Crippen molar-refractivity contribution in [2.75, 3.05) is 0 Å². The zero-order chi connectivity index (χ0) is 38.3. The van der Waals surface area contributed by atoms with Crippen LogP contribution < -0.4 is 23.8 Å². The molecule has 6 aromatic rings. The van der Waals surface area contributed by atoms with Crippen molar-refractivity contribution in [3.8, 4) is 59.2 Å². The van der Waals surface area contributed by atoms with E-state index in [2.05, 4.69) is 12.2 Å². The summed E-state index contributed by atoms with van der Waals surface area (Å²) in [6.45, 7) is -0.286. The summed E-state index contributed by atoms with van der Waals surface area (Å²) in [6, 6.07) is 35.2. The monoisotopic (exact) mass is 724 g/mol. The maximum Gasteiger partial charge on any atom is 0.344 e. The average molecular weight is 725 g/mol. The molecular formula is C42H28O12. The molecule has 0 atom stereocenters. The lowest BCUT2D eigenvalue weighted by Gasteiger charge is -2.13. The summed E-state index contributed by atoms with van der Waals surface area (Å²) in [4.78, 5) is 47.6. The number of para-hydroxylation sites is 2. The van der Waals surface area contributed by atoms with Gasteiger partial charge in [0.05, 0.1) is 16.7 Å². The highest BCUT2D eigenvalue weighted by Gasteiger charge is 2.21. The molecule has 0 bridgehead atoms. The molecule has 0 aliphatic heterocycles. The summed E-state index contributed by atoms with van der Waals surface area (Å²) in [5.41, 5.74) is -0.382. The van der Waals surface area contributed by atoms with Crippen LogP contribution in [0.2, 0.25) is 0 Å². The van der Waals surface area contributed by atoms with E-state index in [0.29, 0.717) is 22.3 Å². The number of hydrogen-bond donors (Lipinski definition) is 3. The Labute approximate surface area is 308 Å². The molecule has 0 fully saturated rings. The van der Waals surface area contributed by atoms with Crippen molar-refractivity contribution in [3.05, 3.63) is 156 Å². The van der Waals surface area contributed by atoms with Gasteiger partial charge in [-0.3, -0.25) is 0 Å². The highest BCUT2D eigenvalue weighted by molar-refractivity contribution is 6.04. The van der Waals surface area contributed by atoms with Crippen LogP contribution in [-0.4, -0.2) is 33.2 Å². The van der Waals surface area contributed by atoms with Crippen molar-refractivity contribution < 1.29 is 58.4 Å². The van der Waals surface area contributed by atoms with Gasteiger partial charge in [0.15, 0.2) is 18.0 Å². The zero-order valence-corrected chi connectivity index (χ0v) is 28.0. The van der Waals surface area contributed by atoms with Gasteiger partial charge < -0.3 is 39.2 Å². The molecule has 54 heavy (non-hydrogen) atoms. The molecule has 0 saturated carbocycles. The number of carboxylic acid groups (broad SMARTS) is 2. The first-order valence-corrected chi connectivity index (χ1v) is 15.8. The molecule has 268 valence electrons. The fraction of sp³-hybridized carbons (Fsp3) is 0.0238. The normalized spacial score (nSPS) is 9.91. The van der Waals surface area contributed by atoms with Crippen molar-refractivity contribution in [1.29, 1.82) is 0 Å². The minimum absolute atomic E-state index is 0.0426. The third-order valence-corrected chi connectivity index (χ3v) is 7.21. The molecule has 3 N–H and O–H groups in total. The molecule has 6 rings (SSSR count). The number of carbonyl (C=O) groups excluding carboxylic acids is 1. The van der Waals surface area contributed by atoms with Crippen LogP contribution in [0.15, 0.2) is 133 Å². The average Bonchev–Trinajstić information content (AvgIpc) is 3.18. The van der Waals surface area contributed by atoms with E-state index >= 15 is 0 Å². The minimum Gasteiger partial charge on any atom is -0.508 e. The fourth-order valence-electron chi connectivity index (χ4n) is 4.76. The summed E-state index contributed by atoms with van der Waals surface area (Å²) in [5.74, 6) is -1.97. The number of aromatic carboxylic acids is 2. The summed E-state index contributed by atoms with van der Waals surface area (Å²) in [6.07, 6.45) is 11.9. The van der Waals surface area contributed by atoms with Gasteiger partial charge in [-0.05, 0) is 72.8 Å². The standard InChI is InChI=1S/C36H22O11.C6H6O/c1-2-42-26-13-15-30(35(39)40)31(21-26)36(41)46-32-16-17-33(29-11-7-6-10-28(29)32)47-45-22-23-20-25(12-14-27(23)34(37)38)44-19-18-43-24-8-4-3-5-9-24;7-6-4-2-1-3-5-6/h1,3-17,20-21H,22H2,(H,37,38)(H,39,40);1-5,7H. The van der Waals surface area contributed by atoms with Crippen LogP contribution in [0.25, 0.3) is 10.8 Å². The van der Waals surface area contributed by atoms with E-state index in [-0.39, 0.29) is 51.9 Å². The van der Waals surface area contributed by atoms with Crippen LogP contribution in [0.3, 0.4) is 0 Å². The second-order valence-corrected chi connectivity index (χ2v) is 10.8. The van der Waals surface area contributed by atoms with E-state index in [1.54, 1.807) is 72.8 Å². The number of fused-ring (bicyclic) bond motifs is 1. The number of rotatable bonds is 11. The van der Waals surface area contributed by atoms with E-state index < -0.39 is 17.9 Å². The number of benzene rings is 6. The number of hydrogen-bond acceptors (Lipinski definition) is 10. The topological polar surface area (TPSA) is 167 Å². The molecule has 0 aromatic heterocycles. The first-order chi connectivity index (χ1) is 26.2. The predicted molar refractivity (Wildman–Crippen MR) is 194 cm³/mol. The first-order valence-electron chi connectivity index (χ1n) is 15.8. The van der Waals surface area contributed by atoms with Crippen LogP contribution >= 0.6 is 0 Å². The van der Waals surface area contributed by atoms with E-state index in [0.717, 1.165) is 0 Å². The molecular weight excluding hydrogens is 696 g/mol. The lowest BCUT2D eigenvalue weighted by Crippen LogP contribution is -2.14. The highest BCUT2D eigenvalue weighted by atomic mass is 17.2. The maximum atomic E-state index is 13.1. The SMILES string of the molecule is C#COc1ccc(C(=O)O)c(C(=O)Oc2ccc(OOCc3cc(OC#COc4ccccc4)ccc3C(=O)O)c3ccccc23)c1.Oc1ccccc1. The Morgan fingerprint density at radius 3 is 1.74 bits per heavy atom. The fourth-order valence-corrected chi connectivity index (χ4v) is 4.76. The van der Waals surface area contributed by atoms with Crippen LogP contribution in [-0.2, 0) is 11.5 Å². The van der Waals surface area contributed by atoms with E-state index in [9.17, 15) is 24.6 Å².